The van der Waals surface area contributed by atoms with Gasteiger partial charge in [-0.3, -0.25) is 4.98 Å². The average Bonchev–Trinajstić information content (AvgIpc) is 2.16. The zero-order valence-electron chi connectivity index (χ0n) is 6.93. The number of hydrogen-bond donors (Lipinski definition) is 1. The van der Waals surface area contributed by atoms with Gasteiger partial charge in [0.2, 0.25) is 0 Å². The van der Waals surface area contributed by atoms with Crippen LogP contribution in [0.15, 0.2) is 17.5 Å². The first-order valence-corrected chi connectivity index (χ1v) is 4.40. The van der Waals surface area contributed by atoms with Gasteiger partial charge in [0.1, 0.15) is 0 Å². The molecule has 1 unspecified atom stereocenters. The standard InChI is InChI=1S/C7H6Cl2N4O/c8-4-1-11-2-5(9)7(4)6(3-14)12-13-10/h1-2,6,14H,3H2. The van der Waals surface area contributed by atoms with Crippen LogP contribution in [0.2, 0.25) is 10.0 Å². The zero-order chi connectivity index (χ0) is 10.6. The van der Waals surface area contributed by atoms with E-state index in [4.69, 9.17) is 33.8 Å². The van der Waals surface area contributed by atoms with E-state index in [1.165, 1.54) is 12.4 Å². The van der Waals surface area contributed by atoms with E-state index in [9.17, 15) is 0 Å². The summed E-state index contributed by atoms with van der Waals surface area (Å²) in [5, 5.41) is 12.9. The molecule has 5 nitrogen and oxygen atoms in total. The molecule has 1 aromatic heterocycles. The summed E-state index contributed by atoms with van der Waals surface area (Å²) in [6.07, 6.45) is 2.75. The normalized spacial score (nSPS) is 11.9. The predicted octanol–water partition coefficient (Wildman–Crippen LogP) is 2.73. The lowest BCUT2D eigenvalue weighted by molar-refractivity contribution is 0.268. The summed E-state index contributed by atoms with van der Waals surface area (Å²) in [7, 11) is 0. The molecule has 0 spiro atoms. The van der Waals surface area contributed by atoms with E-state index < -0.39 is 6.04 Å². The molecule has 0 bridgehead atoms. The van der Waals surface area contributed by atoms with Gasteiger partial charge >= 0.3 is 0 Å². The van der Waals surface area contributed by atoms with Crippen LogP contribution in [-0.2, 0) is 0 Å². The Kier molecular flexibility index (Phi) is 3.98. The highest BCUT2D eigenvalue weighted by molar-refractivity contribution is 6.35. The molecule has 7 heteroatoms. The summed E-state index contributed by atoms with van der Waals surface area (Å²) in [5.41, 5.74) is 8.65. The molecule has 0 amide bonds. The fourth-order valence-electron chi connectivity index (χ4n) is 0.988. The average molecular weight is 233 g/mol. The third-order valence-corrected chi connectivity index (χ3v) is 2.19. The largest absolute Gasteiger partial charge is 0.396 e. The molecule has 0 radical (unpaired) electrons. The smallest absolute Gasteiger partial charge is 0.0886 e. The van der Waals surface area contributed by atoms with E-state index >= 15 is 0 Å². The van der Waals surface area contributed by atoms with Crippen molar-refractivity contribution in [2.45, 2.75) is 6.04 Å². The Morgan fingerprint density at radius 3 is 2.50 bits per heavy atom. The van der Waals surface area contributed by atoms with Gasteiger partial charge in [0.25, 0.3) is 0 Å². The molecule has 1 N–H and O–H groups in total. The third-order valence-electron chi connectivity index (χ3n) is 1.59. The molecule has 1 atom stereocenters. The van der Waals surface area contributed by atoms with Crippen LogP contribution in [0.5, 0.6) is 0 Å². The Morgan fingerprint density at radius 2 is 2.07 bits per heavy atom. The van der Waals surface area contributed by atoms with Gasteiger partial charge in [-0.1, -0.05) is 28.3 Å². The molecule has 14 heavy (non-hydrogen) atoms. The lowest BCUT2D eigenvalue weighted by Gasteiger charge is -2.11. The van der Waals surface area contributed by atoms with Gasteiger partial charge in [-0.15, -0.1) is 0 Å². The second kappa shape index (κ2) is 5.02. The first-order valence-electron chi connectivity index (χ1n) is 3.64. The summed E-state index contributed by atoms with van der Waals surface area (Å²) in [5.74, 6) is 0. The fraction of sp³-hybridized carbons (Fsp3) is 0.286. The lowest BCUT2D eigenvalue weighted by Crippen LogP contribution is -2.02. The van der Waals surface area contributed by atoms with Crippen LogP contribution in [0.3, 0.4) is 0 Å². The number of aromatic nitrogens is 1. The summed E-state index contributed by atoms with van der Waals surface area (Å²) in [4.78, 5) is 6.33. The summed E-state index contributed by atoms with van der Waals surface area (Å²) in [6, 6.07) is -0.775. The number of nitrogens with zero attached hydrogens (tertiary/aromatic N) is 4. The van der Waals surface area contributed by atoms with Gasteiger partial charge in [0, 0.05) is 22.9 Å². The van der Waals surface area contributed by atoms with Crippen molar-refractivity contribution in [2.75, 3.05) is 6.61 Å². The molecular formula is C7H6Cl2N4O. The molecule has 1 aromatic rings. The van der Waals surface area contributed by atoms with Crippen molar-refractivity contribution in [1.29, 1.82) is 0 Å². The lowest BCUT2D eigenvalue weighted by atomic mass is 10.1. The van der Waals surface area contributed by atoms with Gasteiger partial charge in [-0.25, -0.2) is 0 Å². The third kappa shape index (κ3) is 2.27. The summed E-state index contributed by atoms with van der Waals surface area (Å²) < 4.78 is 0. The minimum Gasteiger partial charge on any atom is -0.396 e. The maximum Gasteiger partial charge on any atom is 0.0886 e. The number of aliphatic hydroxyl groups is 1. The van der Waals surface area contributed by atoms with Crippen LogP contribution < -0.4 is 0 Å². The SMILES string of the molecule is [N-]=[N+]=NC(CO)c1c(Cl)cncc1Cl. The van der Waals surface area contributed by atoms with Crippen molar-refractivity contribution in [2.24, 2.45) is 5.11 Å². The molecule has 0 saturated carbocycles. The van der Waals surface area contributed by atoms with Crippen molar-refractivity contribution in [3.8, 4) is 0 Å². The molecular weight excluding hydrogens is 227 g/mol. The Hall–Kier alpha value is -1.00. The molecule has 0 saturated heterocycles. The fourth-order valence-corrected chi connectivity index (χ4v) is 1.60. The van der Waals surface area contributed by atoms with Gasteiger partial charge in [0.15, 0.2) is 0 Å². The highest BCUT2D eigenvalue weighted by Crippen LogP contribution is 2.31. The number of pyridine rings is 1. The Morgan fingerprint density at radius 1 is 1.50 bits per heavy atom. The number of azide groups is 1. The van der Waals surface area contributed by atoms with Gasteiger partial charge in [-0.05, 0) is 5.53 Å². The summed E-state index contributed by atoms with van der Waals surface area (Å²) in [6.45, 7) is -0.354. The van der Waals surface area contributed by atoms with Crippen molar-refractivity contribution in [3.63, 3.8) is 0 Å². The van der Waals surface area contributed by atoms with Crippen LogP contribution in [0.25, 0.3) is 10.4 Å². The molecule has 1 heterocycles. The Labute approximate surface area is 89.9 Å². The number of aliphatic hydroxyl groups excluding tert-OH is 1. The predicted molar refractivity (Wildman–Crippen MR) is 53.2 cm³/mol. The van der Waals surface area contributed by atoms with E-state index in [2.05, 4.69) is 15.0 Å². The van der Waals surface area contributed by atoms with E-state index in [1.54, 1.807) is 0 Å². The van der Waals surface area contributed by atoms with Gasteiger partial charge < -0.3 is 5.11 Å². The molecule has 74 valence electrons. The first-order chi connectivity index (χ1) is 6.70. The van der Waals surface area contributed by atoms with Crippen LogP contribution in [0, 0.1) is 0 Å². The Balaban J connectivity index is 3.21. The second-order valence-electron chi connectivity index (χ2n) is 2.42. The monoisotopic (exact) mass is 232 g/mol. The highest BCUT2D eigenvalue weighted by Gasteiger charge is 2.15. The second-order valence-corrected chi connectivity index (χ2v) is 3.23. The minimum absolute atomic E-state index is 0.268. The maximum atomic E-state index is 8.96. The minimum atomic E-state index is -0.775. The molecule has 0 fully saturated rings. The number of rotatable bonds is 3. The molecule has 0 aliphatic carbocycles. The molecule has 0 aliphatic heterocycles. The maximum absolute atomic E-state index is 8.96. The van der Waals surface area contributed by atoms with Gasteiger partial charge in [-0.2, -0.15) is 0 Å². The first kappa shape index (κ1) is 11.1. The van der Waals surface area contributed by atoms with E-state index in [-0.39, 0.29) is 16.7 Å². The number of halogens is 2. The topological polar surface area (TPSA) is 81.9 Å². The van der Waals surface area contributed by atoms with E-state index in [0.29, 0.717) is 5.56 Å². The molecule has 0 aromatic carbocycles. The van der Waals surface area contributed by atoms with Gasteiger partial charge in [0.05, 0.1) is 22.7 Å². The molecule has 0 aliphatic rings. The summed E-state index contributed by atoms with van der Waals surface area (Å²) >= 11 is 11.6. The van der Waals surface area contributed by atoms with Crippen LogP contribution in [0.1, 0.15) is 11.6 Å². The number of hydrogen-bond acceptors (Lipinski definition) is 3. The van der Waals surface area contributed by atoms with Crippen molar-refractivity contribution < 1.29 is 5.11 Å². The van der Waals surface area contributed by atoms with Crippen molar-refractivity contribution in [1.82, 2.24) is 4.98 Å². The van der Waals surface area contributed by atoms with Crippen LogP contribution in [0.4, 0.5) is 0 Å². The quantitative estimate of drug-likeness (QED) is 0.494. The van der Waals surface area contributed by atoms with Crippen LogP contribution >= 0.6 is 23.2 Å². The van der Waals surface area contributed by atoms with Crippen molar-refractivity contribution >= 4 is 23.2 Å². The van der Waals surface area contributed by atoms with Crippen molar-refractivity contribution in [3.05, 3.63) is 38.4 Å². The highest BCUT2D eigenvalue weighted by atomic mass is 35.5. The molecule has 1 rings (SSSR count). The van der Waals surface area contributed by atoms with E-state index in [0.717, 1.165) is 0 Å². The van der Waals surface area contributed by atoms with Crippen LogP contribution in [-0.4, -0.2) is 16.7 Å². The zero-order valence-corrected chi connectivity index (χ0v) is 8.44. The van der Waals surface area contributed by atoms with E-state index in [1.807, 2.05) is 0 Å². The Bertz CT molecular complexity index is 358.